The number of rotatable bonds is 5. The van der Waals surface area contributed by atoms with Gasteiger partial charge in [0.25, 0.3) is 11.5 Å². The monoisotopic (exact) mass is 344 g/mol. The predicted octanol–water partition coefficient (Wildman–Crippen LogP) is 0.965. The zero-order valence-electron chi connectivity index (χ0n) is 13.4. The van der Waals surface area contributed by atoms with E-state index in [2.05, 4.69) is 10.3 Å². The van der Waals surface area contributed by atoms with E-state index in [1.165, 1.54) is 25.3 Å². The number of hydrogen-bond donors (Lipinski definition) is 2. The number of ether oxygens (including phenoxy) is 3. The SMILES string of the molecule is C[C@@H](OC(=O)c1ccc[nH]c1=O)C(=O)NCc1ccc2c(c1)OCO2. The van der Waals surface area contributed by atoms with Crippen LogP contribution >= 0.6 is 0 Å². The maximum absolute atomic E-state index is 12.1. The Labute approximate surface area is 142 Å². The maximum atomic E-state index is 12.1. The van der Waals surface area contributed by atoms with Gasteiger partial charge >= 0.3 is 5.97 Å². The second kappa shape index (κ2) is 7.08. The van der Waals surface area contributed by atoms with E-state index in [0.29, 0.717) is 11.5 Å². The largest absolute Gasteiger partial charge is 0.454 e. The summed E-state index contributed by atoms with van der Waals surface area (Å²) in [6, 6.07) is 8.16. The lowest BCUT2D eigenvalue weighted by atomic mass is 10.2. The van der Waals surface area contributed by atoms with Crippen molar-refractivity contribution < 1.29 is 23.8 Å². The number of pyridine rings is 1. The summed E-state index contributed by atoms with van der Waals surface area (Å²) in [4.78, 5) is 37.9. The number of aromatic amines is 1. The third-order valence-electron chi connectivity index (χ3n) is 3.59. The van der Waals surface area contributed by atoms with Crippen molar-refractivity contribution in [2.24, 2.45) is 0 Å². The molecule has 0 saturated heterocycles. The zero-order valence-corrected chi connectivity index (χ0v) is 13.4. The van der Waals surface area contributed by atoms with Crippen molar-refractivity contribution in [1.82, 2.24) is 10.3 Å². The summed E-state index contributed by atoms with van der Waals surface area (Å²) >= 11 is 0. The molecule has 1 amide bonds. The number of benzene rings is 1. The number of hydrogen-bond acceptors (Lipinski definition) is 6. The van der Waals surface area contributed by atoms with Crippen LogP contribution in [0.3, 0.4) is 0 Å². The molecule has 2 aromatic rings. The summed E-state index contributed by atoms with van der Waals surface area (Å²) in [7, 11) is 0. The molecular weight excluding hydrogens is 328 g/mol. The van der Waals surface area contributed by atoms with Crippen LogP contribution in [-0.4, -0.2) is 29.8 Å². The number of nitrogens with one attached hydrogen (secondary N) is 2. The molecule has 0 aliphatic carbocycles. The molecule has 2 N–H and O–H groups in total. The Kier molecular flexibility index (Phi) is 4.69. The first-order valence-corrected chi connectivity index (χ1v) is 7.59. The van der Waals surface area contributed by atoms with Gasteiger partial charge in [-0.05, 0) is 36.8 Å². The predicted molar refractivity (Wildman–Crippen MR) is 86.4 cm³/mol. The molecule has 2 heterocycles. The molecule has 0 spiro atoms. The summed E-state index contributed by atoms with van der Waals surface area (Å²) in [6.45, 7) is 1.85. The molecular formula is C17H16N2O6. The third-order valence-corrected chi connectivity index (χ3v) is 3.59. The highest BCUT2D eigenvalue weighted by atomic mass is 16.7. The number of fused-ring (bicyclic) bond motifs is 1. The van der Waals surface area contributed by atoms with E-state index in [-0.39, 0.29) is 18.9 Å². The summed E-state index contributed by atoms with van der Waals surface area (Å²) in [5.41, 5.74) is 0.0917. The van der Waals surface area contributed by atoms with Gasteiger partial charge in [0.15, 0.2) is 17.6 Å². The number of carbonyl (C=O) groups excluding carboxylic acids is 2. The van der Waals surface area contributed by atoms with Gasteiger partial charge in [-0.2, -0.15) is 0 Å². The Hall–Kier alpha value is -3.29. The first-order chi connectivity index (χ1) is 12.0. The van der Waals surface area contributed by atoms with Crippen molar-refractivity contribution in [1.29, 1.82) is 0 Å². The van der Waals surface area contributed by atoms with Crippen molar-refractivity contribution in [3.63, 3.8) is 0 Å². The van der Waals surface area contributed by atoms with Crippen LogP contribution in [-0.2, 0) is 16.1 Å². The highest BCUT2D eigenvalue weighted by molar-refractivity contribution is 5.91. The molecule has 8 nitrogen and oxygen atoms in total. The number of carbonyl (C=O) groups is 2. The quantitative estimate of drug-likeness (QED) is 0.783. The molecule has 0 bridgehead atoms. The van der Waals surface area contributed by atoms with Crippen LogP contribution in [0.4, 0.5) is 0 Å². The van der Waals surface area contributed by atoms with Crippen LogP contribution in [0.25, 0.3) is 0 Å². The number of amides is 1. The van der Waals surface area contributed by atoms with Crippen LogP contribution in [0.1, 0.15) is 22.8 Å². The van der Waals surface area contributed by atoms with Gasteiger partial charge in [-0.1, -0.05) is 6.07 Å². The van der Waals surface area contributed by atoms with E-state index in [1.54, 1.807) is 18.2 Å². The molecule has 0 saturated carbocycles. The van der Waals surface area contributed by atoms with Crippen LogP contribution in [0.15, 0.2) is 41.3 Å². The fourth-order valence-electron chi connectivity index (χ4n) is 2.24. The Balaban J connectivity index is 1.55. The van der Waals surface area contributed by atoms with Crippen molar-refractivity contribution in [2.45, 2.75) is 19.6 Å². The van der Waals surface area contributed by atoms with Crippen LogP contribution in [0, 0.1) is 0 Å². The second-order valence-electron chi connectivity index (χ2n) is 5.37. The summed E-state index contributed by atoms with van der Waals surface area (Å²) in [6.07, 6.45) is 0.363. The molecule has 8 heteroatoms. The Morgan fingerprint density at radius 1 is 1.28 bits per heavy atom. The molecule has 130 valence electrons. The first-order valence-electron chi connectivity index (χ1n) is 7.59. The standard InChI is InChI=1S/C17H16N2O6/c1-10(25-17(22)12-3-2-6-18-16(12)21)15(20)19-8-11-4-5-13-14(7-11)24-9-23-13/h2-7,10H,8-9H2,1H3,(H,18,21)(H,19,20)/t10-/m1/s1. The average molecular weight is 344 g/mol. The second-order valence-corrected chi connectivity index (χ2v) is 5.37. The van der Waals surface area contributed by atoms with Crippen LogP contribution in [0.2, 0.25) is 0 Å². The summed E-state index contributed by atoms with van der Waals surface area (Å²) in [5.74, 6) is -0.0501. The van der Waals surface area contributed by atoms with Gasteiger partial charge in [0, 0.05) is 12.7 Å². The normalized spacial score (nSPS) is 13.2. The minimum absolute atomic E-state index is 0.155. The van der Waals surface area contributed by atoms with Crippen LogP contribution in [0.5, 0.6) is 11.5 Å². The lowest BCUT2D eigenvalue weighted by Gasteiger charge is -2.13. The Morgan fingerprint density at radius 3 is 2.88 bits per heavy atom. The molecule has 1 aliphatic rings. The molecule has 0 fully saturated rings. The first kappa shape index (κ1) is 16.6. The van der Waals surface area contributed by atoms with Crippen molar-refractivity contribution in [3.05, 3.63) is 58.0 Å². The van der Waals surface area contributed by atoms with Gasteiger partial charge < -0.3 is 24.5 Å². The third kappa shape index (κ3) is 3.79. The van der Waals surface area contributed by atoms with E-state index in [9.17, 15) is 14.4 Å². The molecule has 1 aromatic carbocycles. The van der Waals surface area contributed by atoms with E-state index in [1.807, 2.05) is 0 Å². The smallest absolute Gasteiger partial charge is 0.344 e. The van der Waals surface area contributed by atoms with Crippen molar-refractivity contribution in [2.75, 3.05) is 6.79 Å². The van der Waals surface area contributed by atoms with Gasteiger partial charge in [0.1, 0.15) is 5.56 Å². The number of esters is 1. The van der Waals surface area contributed by atoms with E-state index in [0.717, 1.165) is 5.56 Å². The highest BCUT2D eigenvalue weighted by Crippen LogP contribution is 2.32. The molecule has 0 unspecified atom stereocenters. The molecule has 3 rings (SSSR count). The molecule has 1 aliphatic heterocycles. The Bertz CT molecular complexity index is 860. The molecule has 1 atom stereocenters. The van der Waals surface area contributed by atoms with Crippen molar-refractivity contribution in [3.8, 4) is 11.5 Å². The van der Waals surface area contributed by atoms with Gasteiger partial charge in [0.2, 0.25) is 6.79 Å². The van der Waals surface area contributed by atoms with Gasteiger partial charge in [-0.15, -0.1) is 0 Å². The minimum Gasteiger partial charge on any atom is -0.454 e. The molecule has 1 aromatic heterocycles. The highest BCUT2D eigenvalue weighted by Gasteiger charge is 2.20. The maximum Gasteiger partial charge on any atom is 0.344 e. The fourth-order valence-corrected chi connectivity index (χ4v) is 2.24. The molecule has 25 heavy (non-hydrogen) atoms. The fraction of sp³-hybridized carbons (Fsp3) is 0.235. The lowest BCUT2D eigenvalue weighted by Crippen LogP contribution is -2.36. The number of H-pyrrole nitrogens is 1. The minimum atomic E-state index is -1.04. The summed E-state index contributed by atoms with van der Waals surface area (Å²) < 4.78 is 15.5. The Morgan fingerprint density at radius 2 is 2.08 bits per heavy atom. The summed E-state index contributed by atoms with van der Waals surface area (Å²) in [5, 5.41) is 2.66. The molecule has 0 radical (unpaired) electrons. The van der Waals surface area contributed by atoms with E-state index < -0.39 is 23.5 Å². The zero-order chi connectivity index (χ0) is 17.8. The van der Waals surface area contributed by atoms with E-state index in [4.69, 9.17) is 14.2 Å². The van der Waals surface area contributed by atoms with Gasteiger partial charge in [0.05, 0.1) is 0 Å². The van der Waals surface area contributed by atoms with Crippen molar-refractivity contribution >= 4 is 11.9 Å². The van der Waals surface area contributed by atoms with Gasteiger partial charge in [-0.3, -0.25) is 9.59 Å². The lowest BCUT2D eigenvalue weighted by molar-refractivity contribution is -0.129. The topological polar surface area (TPSA) is 107 Å². The van der Waals surface area contributed by atoms with E-state index >= 15 is 0 Å². The average Bonchev–Trinajstić information content (AvgIpc) is 3.07. The number of aromatic nitrogens is 1. The van der Waals surface area contributed by atoms with Gasteiger partial charge in [-0.25, -0.2) is 4.79 Å². The van der Waals surface area contributed by atoms with Crippen LogP contribution < -0.4 is 20.3 Å².